The van der Waals surface area contributed by atoms with Crippen LogP contribution >= 0.6 is 11.3 Å². The van der Waals surface area contributed by atoms with E-state index < -0.39 is 5.90 Å². The van der Waals surface area contributed by atoms with Crippen LogP contribution in [0, 0.1) is 11.3 Å². The van der Waals surface area contributed by atoms with E-state index in [0.29, 0.717) is 27.4 Å². The first kappa shape index (κ1) is 17.2. The molecule has 1 aliphatic rings. The van der Waals surface area contributed by atoms with E-state index in [1.165, 1.54) is 0 Å². The van der Waals surface area contributed by atoms with E-state index >= 15 is 0 Å². The lowest BCUT2D eigenvalue weighted by molar-refractivity contribution is -0.765. The van der Waals surface area contributed by atoms with Crippen molar-refractivity contribution in [2.45, 2.75) is 38.6 Å². The summed E-state index contributed by atoms with van der Waals surface area (Å²) in [6.45, 7) is 3.87. The van der Waals surface area contributed by atoms with Crippen molar-refractivity contribution in [3.8, 4) is 6.07 Å². The van der Waals surface area contributed by atoms with Gasteiger partial charge in [0.2, 0.25) is 5.27 Å². The summed E-state index contributed by atoms with van der Waals surface area (Å²) in [5, 5.41) is 26.6. The largest absolute Gasteiger partial charge is 0.857 e. The zero-order valence-electron chi connectivity index (χ0n) is 14.8. The number of rotatable bonds is 4. The van der Waals surface area contributed by atoms with Crippen LogP contribution < -0.4 is 21.3 Å². The summed E-state index contributed by atoms with van der Waals surface area (Å²) in [5.74, 6) is -0.304. The quantitative estimate of drug-likeness (QED) is 0.393. The molecular formula is C17H17N7O2S. The minimum atomic E-state index is -0.540. The highest BCUT2D eigenvalue weighted by molar-refractivity contribution is 7.21. The maximum Gasteiger partial charge on any atom is 0.320 e. The number of thiophene rings is 1. The molecular weight excluding hydrogens is 366 g/mol. The van der Waals surface area contributed by atoms with Gasteiger partial charge in [0.25, 0.3) is 6.20 Å². The van der Waals surface area contributed by atoms with Gasteiger partial charge in [-0.2, -0.15) is 5.26 Å². The highest BCUT2D eigenvalue weighted by Crippen LogP contribution is 2.40. The summed E-state index contributed by atoms with van der Waals surface area (Å²) in [6, 6.07) is 2.42. The highest BCUT2D eigenvalue weighted by Gasteiger charge is 2.35. The van der Waals surface area contributed by atoms with E-state index in [2.05, 4.69) is 21.3 Å². The Labute approximate surface area is 158 Å². The molecule has 0 bridgehead atoms. The van der Waals surface area contributed by atoms with Crippen LogP contribution in [0.5, 0.6) is 0 Å². The molecule has 0 aromatic carbocycles. The molecule has 1 saturated carbocycles. The SMILES string of the molecule is CC(C)c1c(C#N)c(N)nc2sc(/C([O-])=N/c3c[n+](C4CC4)no3)c(N)c12. The molecule has 138 valence electrons. The van der Waals surface area contributed by atoms with Crippen molar-refractivity contribution in [2.75, 3.05) is 11.5 Å². The molecule has 0 spiro atoms. The molecule has 0 radical (unpaired) electrons. The second kappa shape index (κ2) is 6.21. The van der Waals surface area contributed by atoms with E-state index in [1.54, 1.807) is 10.9 Å². The molecule has 3 aromatic rings. The molecule has 4 rings (SSSR count). The number of hydrogen-bond acceptors (Lipinski definition) is 9. The van der Waals surface area contributed by atoms with E-state index in [9.17, 15) is 10.4 Å². The van der Waals surface area contributed by atoms with Crippen LogP contribution in [-0.2, 0) is 0 Å². The second-order valence-electron chi connectivity index (χ2n) is 6.75. The number of anilines is 2. The first-order valence-electron chi connectivity index (χ1n) is 8.46. The molecule has 1 aliphatic carbocycles. The Morgan fingerprint density at radius 3 is 2.85 bits per heavy atom. The summed E-state index contributed by atoms with van der Waals surface area (Å²) >= 11 is 1.10. The van der Waals surface area contributed by atoms with Crippen LogP contribution in [0.2, 0.25) is 0 Å². The summed E-state index contributed by atoms with van der Waals surface area (Å²) in [4.78, 5) is 8.98. The number of aromatic nitrogens is 3. The minimum Gasteiger partial charge on any atom is -0.857 e. The van der Waals surface area contributed by atoms with Crippen molar-refractivity contribution in [2.24, 2.45) is 4.99 Å². The lowest BCUT2D eigenvalue weighted by Gasteiger charge is -2.12. The highest BCUT2D eigenvalue weighted by atomic mass is 32.1. The van der Waals surface area contributed by atoms with Crippen molar-refractivity contribution >= 4 is 44.8 Å². The number of nitrogens with two attached hydrogens (primary N) is 2. The fraction of sp³-hybridized carbons (Fsp3) is 0.353. The zero-order valence-corrected chi connectivity index (χ0v) is 15.6. The molecule has 3 aromatic heterocycles. The standard InChI is InChI=1S/C17H17N7O2S/c1-7(2)11-9(5-18)15(20)22-17-12(11)13(19)14(27-17)16(25)21-10-6-24(23-26-10)8-3-4-8/h6-8H,3-4H2,1-2H3,(H4-,19,20,21,22,23,25). The maximum atomic E-state index is 12.7. The van der Waals surface area contributed by atoms with Gasteiger partial charge in [0, 0.05) is 24.1 Å². The summed E-state index contributed by atoms with van der Waals surface area (Å²) in [5.41, 5.74) is 13.4. The van der Waals surface area contributed by atoms with Crippen molar-refractivity contribution in [3.63, 3.8) is 0 Å². The Hall–Kier alpha value is -3.19. The Balaban J connectivity index is 1.84. The van der Waals surface area contributed by atoms with E-state index in [4.69, 9.17) is 16.0 Å². The third-order valence-corrected chi connectivity index (χ3v) is 5.52. The number of fused-ring (bicyclic) bond motifs is 1. The third kappa shape index (κ3) is 2.86. The van der Waals surface area contributed by atoms with Gasteiger partial charge in [0.1, 0.15) is 16.7 Å². The van der Waals surface area contributed by atoms with Gasteiger partial charge in [0.15, 0.2) is 6.04 Å². The van der Waals surface area contributed by atoms with Gasteiger partial charge >= 0.3 is 5.88 Å². The molecule has 4 N–H and O–H groups in total. The van der Waals surface area contributed by atoms with Crippen LogP contribution in [0.4, 0.5) is 17.4 Å². The normalized spacial score (nSPS) is 14.8. The predicted octanol–water partition coefficient (Wildman–Crippen LogP) is 1.50. The number of nitrogens with zero attached hydrogens (tertiary/aromatic N) is 5. The first-order valence-corrected chi connectivity index (χ1v) is 9.28. The summed E-state index contributed by atoms with van der Waals surface area (Å²) in [7, 11) is 0. The van der Waals surface area contributed by atoms with Crippen molar-refractivity contribution in [3.05, 3.63) is 22.2 Å². The first-order chi connectivity index (χ1) is 12.9. The lowest BCUT2D eigenvalue weighted by Crippen LogP contribution is -2.32. The molecule has 0 amide bonds. The van der Waals surface area contributed by atoms with Crippen LogP contribution in [0.15, 0.2) is 15.7 Å². The van der Waals surface area contributed by atoms with Gasteiger partial charge in [-0.05, 0) is 16.2 Å². The molecule has 27 heavy (non-hydrogen) atoms. The van der Waals surface area contributed by atoms with Crippen LogP contribution in [0.3, 0.4) is 0 Å². The van der Waals surface area contributed by atoms with Gasteiger partial charge in [-0.25, -0.2) is 9.98 Å². The summed E-state index contributed by atoms with van der Waals surface area (Å²) < 4.78 is 6.77. The average Bonchev–Trinajstić information content (AvgIpc) is 3.29. The molecule has 0 atom stereocenters. The van der Waals surface area contributed by atoms with Crippen molar-refractivity contribution in [1.29, 1.82) is 5.26 Å². The molecule has 0 aliphatic heterocycles. The van der Waals surface area contributed by atoms with Gasteiger partial charge in [-0.15, -0.1) is 11.3 Å². The number of nitrogen functional groups attached to an aromatic ring is 2. The fourth-order valence-corrected chi connectivity index (χ4v) is 4.02. The van der Waals surface area contributed by atoms with E-state index in [-0.39, 0.29) is 28.2 Å². The predicted molar refractivity (Wildman–Crippen MR) is 98.4 cm³/mol. The lowest BCUT2D eigenvalue weighted by atomic mass is 9.95. The van der Waals surface area contributed by atoms with E-state index in [0.717, 1.165) is 24.2 Å². The smallest absolute Gasteiger partial charge is 0.320 e. The number of nitriles is 1. The maximum absolute atomic E-state index is 12.7. The van der Waals surface area contributed by atoms with Crippen LogP contribution in [-0.4, -0.2) is 16.2 Å². The molecule has 10 heteroatoms. The fourth-order valence-electron chi connectivity index (χ4n) is 3.01. The number of pyridine rings is 1. The van der Waals surface area contributed by atoms with Gasteiger partial charge in [-0.1, -0.05) is 13.8 Å². The number of aliphatic imine (C=N–C) groups is 1. The summed E-state index contributed by atoms with van der Waals surface area (Å²) in [6.07, 6.45) is 3.68. The van der Waals surface area contributed by atoms with Gasteiger partial charge in [-0.3, -0.25) is 4.52 Å². The molecule has 9 nitrogen and oxygen atoms in total. The Bertz CT molecular complexity index is 1120. The van der Waals surface area contributed by atoms with Gasteiger partial charge in [0.05, 0.1) is 16.1 Å². The Kier molecular flexibility index (Phi) is 3.96. The third-order valence-electron chi connectivity index (χ3n) is 4.43. The molecule has 0 unspecified atom stereocenters. The average molecular weight is 383 g/mol. The van der Waals surface area contributed by atoms with Crippen molar-refractivity contribution < 1.29 is 14.3 Å². The monoisotopic (exact) mass is 383 g/mol. The molecule has 1 fully saturated rings. The van der Waals surface area contributed by atoms with Crippen LogP contribution in [0.25, 0.3) is 10.2 Å². The molecule has 0 saturated heterocycles. The minimum absolute atomic E-state index is 0.0176. The van der Waals surface area contributed by atoms with Gasteiger partial charge < -0.3 is 16.6 Å². The zero-order chi connectivity index (χ0) is 19.3. The number of hydrogen-bond donors (Lipinski definition) is 2. The Morgan fingerprint density at radius 1 is 1.48 bits per heavy atom. The van der Waals surface area contributed by atoms with Crippen molar-refractivity contribution in [1.82, 2.24) is 10.3 Å². The van der Waals surface area contributed by atoms with E-state index in [1.807, 2.05) is 13.8 Å². The molecule has 3 heterocycles. The Morgan fingerprint density at radius 2 is 2.22 bits per heavy atom. The second-order valence-corrected chi connectivity index (χ2v) is 7.74. The van der Waals surface area contributed by atoms with Crippen LogP contribution in [0.1, 0.15) is 54.7 Å². The topological polar surface area (TPSA) is 154 Å².